The van der Waals surface area contributed by atoms with Crippen molar-refractivity contribution in [2.45, 2.75) is 63.2 Å². The number of carboxylic acid groups (broad SMARTS) is 1. The number of sulfonamides is 1. The topological polar surface area (TPSA) is 148 Å². The number of aryl methyl sites for hydroxylation is 1. The summed E-state index contributed by atoms with van der Waals surface area (Å²) in [4.78, 5) is 29.0. The molecule has 1 atom stereocenters. The van der Waals surface area contributed by atoms with E-state index in [9.17, 15) is 23.1 Å². The molecular weight excluding hydrogens is 522 g/mol. The van der Waals surface area contributed by atoms with Crippen LogP contribution in [0.15, 0.2) is 34.7 Å². The van der Waals surface area contributed by atoms with Crippen molar-refractivity contribution in [3.63, 3.8) is 0 Å². The molecule has 1 amide bonds. The van der Waals surface area contributed by atoms with Crippen LogP contribution in [-0.2, 0) is 31.7 Å². The van der Waals surface area contributed by atoms with Gasteiger partial charge in [-0.05, 0) is 62.1 Å². The molecule has 0 saturated heterocycles. The van der Waals surface area contributed by atoms with Gasteiger partial charge in [-0.3, -0.25) is 4.79 Å². The minimum Gasteiger partial charge on any atom is -0.479 e. The van der Waals surface area contributed by atoms with Crippen LogP contribution in [-0.4, -0.2) is 56.7 Å². The maximum absolute atomic E-state index is 13.0. The number of pyridine rings is 1. The Balaban J connectivity index is 1.64. The first-order valence-corrected chi connectivity index (χ1v) is 14.7. The second-order valence-electron chi connectivity index (χ2n) is 10.1. The zero-order valence-electron chi connectivity index (χ0n) is 22.7. The summed E-state index contributed by atoms with van der Waals surface area (Å²) >= 11 is 0. The molecule has 1 aliphatic rings. The van der Waals surface area contributed by atoms with E-state index in [1.807, 2.05) is 30.3 Å². The number of nitrogens with zero attached hydrogens (tertiary/aromatic N) is 1. The van der Waals surface area contributed by atoms with Crippen molar-refractivity contribution in [2.24, 2.45) is 0 Å². The smallest absolute Gasteiger partial charge is 0.335 e. The van der Waals surface area contributed by atoms with Gasteiger partial charge in [0.15, 0.2) is 5.60 Å². The molecule has 2 heterocycles. The molecule has 1 saturated carbocycles. The van der Waals surface area contributed by atoms with Crippen molar-refractivity contribution in [1.29, 1.82) is 0 Å². The molecule has 1 aliphatic carbocycles. The highest BCUT2D eigenvalue weighted by Crippen LogP contribution is 2.44. The maximum Gasteiger partial charge on any atom is 0.335 e. The van der Waals surface area contributed by atoms with Crippen molar-refractivity contribution in [3.8, 4) is 11.3 Å². The van der Waals surface area contributed by atoms with Crippen LogP contribution in [0.2, 0.25) is 0 Å². The Morgan fingerprint density at radius 1 is 1.23 bits per heavy atom. The lowest BCUT2D eigenvalue weighted by Gasteiger charge is -2.22. The molecule has 0 radical (unpaired) electrons. The van der Waals surface area contributed by atoms with Gasteiger partial charge in [-0.15, -0.1) is 0 Å². The third-order valence-electron chi connectivity index (χ3n) is 7.27. The third-order valence-corrected chi connectivity index (χ3v) is 8.57. The Morgan fingerprint density at radius 2 is 1.92 bits per heavy atom. The zero-order valence-corrected chi connectivity index (χ0v) is 23.5. The first-order chi connectivity index (χ1) is 18.5. The average molecular weight is 558 g/mol. The number of carbonyl (C=O) groups is 2. The largest absolute Gasteiger partial charge is 0.479 e. The number of benzene rings is 1. The lowest BCUT2D eigenvalue weighted by Crippen LogP contribution is -2.38. The van der Waals surface area contributed by atoms with E-state index in [1.54, 1.807) is 7.05 Å². The third kappa shape index (κ3) is 6.32. The fourth-order valence-corrected chi connectivity index (χ4v) is 5.71. The molecule has 39 heavy (non-hydrogen) atoms. The molecule has 11 heteroatoms. The van der Waals surface area contributed by atoms with Crippen LogP contribution in [0.4, 0.5) is 0 Å². The standard InChI is InChI=1S/C28H35N3O7S/c1-5-17-7-9-19(10-8-17)24-23(25(32)29-3)21-15-20(18-11-12-18)22(31-26(21)38-24)16-39(35,36)30-14-6-13-28(2,37-4)27(33)34/h7-10,15,18,30H,5-6,11-14,16H2,1-4H3,(H,29,32)(H,33,34). The quantitative estimate of drug-likeness (QED) is 0.267. The number of nitrogens with one attached hydrogen (secondary N) is 2. The predicted molar refractivity (Wildman–Crippen MR) is 147 cm³/mol. The van der Waals surface area contributed by atoms with Gasteiger partial charge in [0.1, 0.15) is 11.5 Å². The summed E-state index contributed by atoms with van der Waals surface area (Å²) in [5.74, 6) is -1.21. The fourth-order valence-electron chi connectivity index (χ4n) is 4.56. The molecule has 3 N–H and O–H groups in total. The van der Waals surface area contributed by atoms with E-state index in [0.717, 1.165) is 36.0 Å². The summed E-state index contributed by atoms with van der Waals surface area (Å²) in [7, 11) is -0.913. The second-order valence-corrected chi connectivity index (χ2v) is 11.9. The Labute approximate surface area is 228 Å². The Morgan fingerprint density at radius 3 is 2.49 bits per heavy atom. The molecule has 3 aromatic rings. The van der Waals surface area contributed by atoms with Gasteiger partial charge in [0.25, 0.3) is 5.91 Å². The number of carbonyl (C=O) groups excluding carboxylic acids is 1. The van der Waals surface area contributed by atoms with E-state index >= 15 is 0 Å². The lowest BCUT2D eigenvalue weighted by molar-refractivity contribution is -0.160. The number of furan rings is 1. The van der Waals surface area contributed by atoms with Gasteiger partial charge in [0.2, 0.25) is 15.7 Å². The van der Waals surface area contributed by atoms with Gasteiger partial charge in [0, 0.05) is 26.3 Å². The number of amides is 1. The highest BCUT2D eigenvalue weighted by Gasteiger charge is 2.33. The van der Waals surface area contributed by atoms with Gasteiger partial charge in [-0.1, -0.05) is 31.2 Å². The molecule has 210 valence electrons. The van der Waals surface area contributed by atoms with Gasteiger partial charge in [-0.2, -0.15) is 0 Å². The molecule has 1 unspecified atom stereocenters. The van der Waals surface area contributed by atoms with E-state index in [4.69, 9.17) is 9.15 Å². The predicted octanol–water partition coefficient (Wildman–Crippen LogP) is 3.98. The second kappa shape index (κ2) is 11.4. The van der Waals surface area contributed by atoms with Crippen molar-refractivity contribution in [1.82, 2.24) is 15.0 Å². The first-order valence-electron chi connectivity index (χ1n) is 13.1. The number of aliphatic carboxylic acids is 1. The zero-order chi connectivity index (χ0) is 28.4. The molecule has 4 rings (SSSR count). The number of fused-ring (bicyclic) bond motifs is 1. The van der Waals surface area contributed by atoms with Crippen molar-refractivity contribution < 1.29 is 32.3 Å². The molecule has 1 aromatic carbocycles. The molecule has 2 aromatic heterocycles. The first kappa shape index (κ1) is 28.7. The van der Waals surface area contributed by atoms with E-state index in [2.05, 4.69) is 21.9 Å². The molecular formula is C28H35N3O7S. The summed E-state index contributed by atoms with van der Waals surface area (Å²) in [6, 6.07) is 9.61. The van der Waals surface area contributed by atoms with Crippen LogP contribution in [0.1, 0.15) is 72.6 Å². The average Bonchev–Trinajstić information content (AvgIpc) is 3.70. The summed E-state index contributed by atoms with van der Waals surface area (Å²) in [5, 5.41) is 12.6. The summed E-state index contributed by atoms with van der Waals surface area (Å²) in [5.41, 5.74) is 2.26. The number of ether oxygens (including phenoxy) is 1. The maximum atomic E-state index is 13.0. The van der Waals surface area contributed by atoms with Crippen molar-refractivity contribution >= 4 is 33.0 Å². The van der Waals surface area contributed by atoms with Crippen LogP contribution < -0.4 is 10.0 Å². The highest BCUT2D eigenvalue weighted by molar-refractivity contribution is 7.88. The number of rotatable bonds is 13. The number of hydrogen-bond acceptors (Lipinski definition) is 7. The van der Waals surface area contributed by atoms with Crippen LogP contribution >= 0.6 is 0 Å². The fraction of sp³-hybridized carbons (Fsp3) is 0.464. The van der Waals surface area contributed by atoms with Crippen LogP contribution in [0.3, 0.4) is 0 Å². The molecule has 0 bridgehead atoms. The summed E-state index contributed by atoms with van der Waals surface area (Å²) in [6.07, 6.45) is 3.14. The molecule has 10 nitrogen and oxygen atoms in total. The monoisotopic (exact) mass is 557 g/mol. The Bertz CT molecular complexity index is 1480. The van der Waals surface area contributed by atoms with E-state index in [-0.39, 0.29) is 42.7 Å². The van der Waals surface area contributed by atoms with E-state index < -0.39 is 21.6 Å². The normalized spacial score (nSPS) is 15.3. The van der Waals surface area contributed by atoms with Crippen LogP contribution in [0.25, 0.3) is 22.4 Å². The molecule has 1 fully saturated rings. The van der Waals surface area contributed by atoms with Gasteiger partial charge in [-0.25, -0.2) is 22.9 Å². The van der Waals surface area contributed by atoms with E-state index in [1.165, 1.54) is 14.0 Å². The minimum atomic E-state index is -3.78. The minimum absolute atomic E-state index is 0.0645. The van der Waals surface area contributed by atoms with Gasteiger partial charge in [0.05, 0.1) is 16.6 Å². The van der Waals surface area contributed by atoms with Crippen LogP contribution in [0, 0.1) is 0 Å². The van der Waals surface area contributed by atoms with E-state index in [0.29, 0.717) is 22.4 Å². The summed E-state index contributed by atoms with van der Waals surface area (Å²) in [6.45, 7) is 3.58. The van der Waals surface area contributed by atoms with Crippen molar-refractivity contribution in [2.75, 3.05) is 20.7 Å². The Hall–Kier alpha value is -3.28. The molecule has 0 aliphatic heterocycles. The summed E-state index contributed by atoms with van der Waals surface area (Å²) < 4.78 is 39.7. The van der Waals surface area contributed by atoms with Crippen molar-refractivity contribution in [3.05, 3.63) is 52.7 Å². The lowest BCUT2D eigenvalue weighted by atomic mass is 10.0. The number of carboxylic acids is 1. The Kier molecular flexibility index (Phi) is 8.43. The number of aromatic nitrogens is 1. The SMILES string of the molecule is CCc1ccc(-c2oc3nc(CS(=O)(=O)NCCCC(C)(OC)C(=O)O)c(C4CC4)cc3c2C(=O)NC)cc1. The van der Waals surface area contributed by atoms with Gasteiger partial charge < -0.3 is 19.6 Å². The molecule has 0 spiro atoms. The van der Waals surface area contributed by atoms with Crippen LogP contribution in [0.5, 0.6) is 0 Å². The highest BCUT2D eigenvalue weighted by atomic mass is 32.2. The number of methoxy groups -OCH3 is 1. The number of hydrogen-bond donors (Lipinski definition) is 3. The van der Waals surface area contributed by atoms with Gasteiger partial charge >= 0.3 is 5.97 Å².